The van der Waals surface area contributed by atoms with E-state index in [4.69, 9.17) is 0 Å². The first-order valence-electron chi connectivity index (χ1n) is 9.70. The summed E-state index contributed by atoms with van der Waals surface area (Å²) in [4.78, 5) is 14.8. The average Bonchev–Trinajstić information content (AvgIpc) is 3.12. The van der Waals surface area contributed by atoms with Crippen molar-refractivity contribution in [3.05, 3.63) is 88.0 Å². The number of benzene rings is 3. The smallest absolute Gasteiger partial charge is 0.271 e. The van der Waals surface area contributed by atoms with Crippen LogP contribution in [0.3, 0.4) is 0 Å². The van der Waals surface area contributed by atoms with Crippen LogP contribution in [0.2, 0.25) is 0 Å². The molecule has 0 bridgehead atoms. The van der Waals surface area contributed by atoms with E-state index in [1.807, 2.05) is 18.2 Å². The Kier molecular flexibility index (Phi) is 5.14. The highest BCUT2D eigenvalue weighted by Gasteiger charge is 2.20. The first-order chi connectivity index (χ1) is 14.4. The van der Waals surface area contributed by atoms with Gasteiger partial charge in [-0.25, -0.2) is 5.43 Å². The van der Waals surface area contributed by atoms with E-state index < -0.39 is 0 Å². The summed E-state index contributed by atoms with van der Waals surface area (Å²) < 4.78 is 0. The maximum atomic E-state index is 12.5. The molecule has 3 aromatic rings. The maximum absolute atomic E-state index is 12.5. The summed E-state index contributed by atoms with van der Waals surface area (Å²) in [6, 6.07) is 16.1. The van der Waals surface area contributed by atoms with Crippen molar-refractivity contribution < 1.29 is 15.0 Å². The number of hydrogen-bond donors (Lipinski definition) is 3. The molecule has 6 heteroatoms. The third-order valence-corrected chi connectivity index (χ3v) is 5.40. The molecule has 3 N–H and O–H groups in total. The first kappa shape index (κ1) is 19.5. The summed E-state index contributed by atoms with van der Waals surface area (Å²) in [5.74, 6) is -0.497. The minimum absolute atomic E-state index is 0.0418. The molecular weight excluding hydrogens is 378 g/mol. The molecule has 0 radical (unpaired) electrons. The number of aryl methyl sites for hydroxylation is 2. The minimum atomic E-state index is -0.338. The van der Waals surface area contributed by atoms with Crippen LogP contribution in [0.4, 0.5) is 5.69 Å². The van der Waals surface area contributed by atoms with Crippen molar-refractivity contribution in [1.82, 2.24) is 5.43 Å². The van der Waals surface area contributed by atoms with Crippen molar-refractivity contribution in [1.29, 1.82) is 0 Å². The van der Waals surface area contributed by atoms with Crippen molar-refractivity contribution in [2.75, 3.05) is 4.90 Å². The number of phenols is 2. The number of nitrogens with one attached hydrogen (secondary N) is 1. The quantitative estimate of drug-likeness (QED) is 0.456. The number of nitrogens with zero attached hydrogens (tertiary/aromatic N) is 2. The summed E-state index contributed by atoms with van der Waals surface area (Å²) in [5.41, 5.74) is 9.59. The van der Waals surface area contributed by atoms with Gasteiger partial charge in [0.2, 0.25) is 0 Å². The molecule has 0 atom stereocenters. The van der Waals surface area contributed by atoms with Crippen molar-refractivity contribution in [3.8, 4) is 11.5 Å². The molecule has 152 valence electrons. The van der Waals surface area contributed by atoms with Gasteiger partial charge in [-0.15, -0.1) is 0 Å². The third-order valence-electron chi connectivity index (χ3n) is 5.40. The maximum Gasteiger partial charge on any atom is 0.271 e. The predicted octanol–water partition coefficient (Wildman–Crippen LogP) is 4.00. The Labute approximate surface area is 175 Å². The summed E-state index contributed by atoms with van der Waals surface area (Å²) in [6.45, 7) is 5.89. The van der Waals surface area contributed by atoms with Crippen LogP contribution < -0.4 is 10.3 Å². The van der Waals surface area contributed by atoms with Crippen LogP contribution in [0.15, 0.2) is 59.7 Å². The Balaban J connectivity index is 1.45. The molecule has 0 spiro atoms. The van der Waals surface area contributed by atoms with Gasteiger partial charge >= 0.3 is 0 Å². The number of anilines is 1. The molecule has 4 rings (SSSR count). The van der Waals surface area contributed by atoms with E-state index in [0.29, 0.717) is 11.1 Å². The molecule has 1 aliphatic rings. The monoisotopic (exact) mass is 401 g/mol. The summed E-state index contributed by atoms with van der Waals surface area (Å²) in [7, 11) is 0. The van der Waals surface area contributed by atoms with E-state index in [0.717, 1.165) is 18.8 Å². The van der Waals surface area contributed by atoms with E-state index in [2.05, 4.69) is 41.4 Å². The van der Waals surface area contributed by atoms with Gasteiger partial charge in [-0.2, -0.15) is 5.10 Å². The Hall–Kier alpha value is -3.80. The number of carbonyl (C=O) groups excluding carboxylic acids is 1. The lowest BCUT2D eigenvalue weighted by molar-refractivity contribution is 0.0955. The van der Waals surface area contributed by atoms with Gasteiger partial charge in [0.1, 0.15) is 11.5 Å². The lowest BCUT2D eigenvalue weighted by atomic mass is 10.0. The topological polar surface area (TPSA) is 85.2 Å². The van der Waals surface area contributed by atoms with Crippen molar-refractivity contribution in [2.45, 2.75) is 26.9 Å². The van der Waals surface area contributed by atoms with Crippen molar-refractivity contribution in [3.63, 3.8) is 0 Å². The highest BCUT2D eigenvalue weighted by atomic mass is 16.3. The fourth-order valence-corrected chi connectivity index (χ4v) is 3.59. The molecule has 0 saturated carbocycles. The number of rotatable bonds is 4. The van der Waals surface area contributed by atoms with Gasteiger partial charge in [-0.1, -0.05) is 18.2 Å². The highest BCUT2D eigenvalue weighted by Crippen LogP contribution is 2.30. The highest BCUT2D eigenvalue weighted by molar-refractivity contribution is 5.96. The van der Waals surface area contributed by atoms with E-state index in [1.165, 1.54) is 46.7 Å². The zero-order chi connectivity index (χ0) is 21.3. The second-order valence-electron chi connectivity index (χ2n) is 7.55. The van der Waals surface area contributed by atoms with Crippen LogP contribution in [0.25, 0.3) is 0 Å². The largest absolute Gasteiger partial charge is 0.508 e. The fourth-order valence-electron chi connectivity index (χ4n) is 3.59. The van der Waals surface area contributed by atoms with E-state index in [1.54, 1.807) is 6.07 Å². The lowest BCUT2D eigenvalue weighted by Gasteiger charge is -2.18. The van der Waals surface area contributed by atoms with Gasteiger partial charge in [-0.05, 0) is 66.4 Å². The number of phenolic OH excluding ortho intramolecular Hbond substituents is 2. The van der Waals surface area contributed by atoms with Crippen molar-refractivity contribution >= 4 is 17.8 Å². The molecule has 1 amide bonds. The summed E-state index contributed by atoms with van der Waals surface area (Å²) >= 11 is 0. The Morgan fingerprint density at radius 1 is 1.00 bits per heavy atom. The van der Waals surface area contributed by atoms with Crippen LogP contribution in [-0.4, -0.2) is 22.3 Å². The van der Waals surface area contributed by atoms with E-state index >= 15 is 0 Å². The SMILES string of the molecule is Cc1cc2c(cc1C)CN(c1cccc(C(=O)NN=Cc3ccc(O)cc3O)c1)C2. The molecule has 1 heterocycles. The van der Waals surface area contributed by atoms with E-state index in [9.17, 15) is 15.0 Å². The van der Waals surface area contributed by atoms with E-state index in [-0.39, 0.29) is 17.4 Å². The molecule has 3 aromatic carbocycles. The molecule has 0 fully saturated rings. The molecule has 0 aliphatic carbocycles. The Morgan fingerprint density at radius 2 is 1.70 bits per heavy atom. The van der Waals surface area contributed by atoms with Gasteiger partial charge < -0.3 is 15.1 Å². The summed E-state index contributed by atoms with van der Waals surface area (Å²) in [5, 5.41) is 23.0. The van der Waals surface area contributed by atoms with Crippen LogP contribution in [0.5, 0.6) is 11.5 Å². The van der Waals surface area contributed by atoms with Crippen LogP contribution in [0, 0.1) is 13.8 Å². The van der Waals surface area contributed by atoms with Gasteiger partial charge in [0, 0.05) is 36.0 Å². The second kappa shape index (κ2) is 7.91. The van der Waals surface area contributed by atoms with Gasteiger partial charge in [0.15, 0.2) is 0 Å². The Bertz CT molecular complexity index is 1120. The van der Waals surface area contributed by atoms with Gasteiger partial charge in [-0.3, -0.25) is 4.79 Å². The number of amides is 1. The van der Waals surface area contributed by atoms with Gasteiger partial charge in [0.25, 0.3) is 5.91 Å². The average molecular weight is 401 g/mol. The van der Waals surface area contributed by atoms with Gasteiger partial charge in [0.05, 0.1) is 6.21 Å². The number of hydrazone groups is 1. The minimum Gasteiger partial charge on any atom is -0.508 e. The molecular formula is C24H23N3O3. The number of carbonyl (C=O) groups is 1. The van der Waals surface area contributed by atoms with Crippen LogP contribution in [0.1, 0.15) is 38.2 Å². The molecule has 30 heavy (non-hydrogen) atoms. The van der Waals surface area contributed by atoms with Crippen LogP contribution in [-0.2, 0) is 13.1 Å². The summed E-state index contributed by atoms with van der Waals surface area (Å²) in [6.07, 6.45) is 1.33. The third kappa shape index (κ3) is 3.98. The first-order valence-corrected chi connectivity index (χ1v) is 9.70. The molecule has 0 aromatic heterocycles. The molecule has 1 aliphatic heterocycles. The second-order valence-corrected chi connectivity index (χ2v) is 7.55. The number of fused-ring (bicyclic) bond motifs is 1. The Morgan fingerprint density at radius 3 is 2.37 bits per heavy atom. The van der Waals surface area contributed by atoms with Crippen LogP contribution >= 0.6 is 0 Å². The normalized spacial score (nSPS) is 12.9. The van der Waals surface area contributed by atoms with Crippen molar-refractivity contribution in [2.24, 2.45) is 5.10 Å². The predicted molar refractivity (Wildman–Crippen MR) is 117 cm³/mol. The fraction of sp³-hybridized carbons (Fsp3) is 0.167. The zero-order valence-electron chi connectivity index (χ0n) is 16.9. The zero-order valence-corrected chi connectivity index (χ0v) is 16.9. The standard InChI is InChI=1S/C24H23N3O3/c1-15-8-19-13-27(14-20(19)9-16(15)2)21-5-3-4-17(10-21)24(30)26-25-12-18-6-7-22(28)11-23(18)29/h3-12,28-29H,13-14H2,1-2H3,(H,26,30). The molecule has 6 nitrogen and oxygen atoms in total. The number of hydrogen-bond acceptors (Lipinski definition) is 5. The molecule has 0 unspecified atom stereocenters. The molecule has 0 saturated heterocycles. The number of aromatic hydroxyl groups is 2. The lowest BCUT2D eigenvalue weighted by Crippen LogP contribution is -2.19.